The molecular formula is C11H15N2O2S-. The molecule has 4 nitrogen and oxygen atoms in total. The van der Waals surface area contributed by atoms with Gasteiger partial charge in [0.2, 0.25) is 0 Å². The van der Waals surface area contributed by atoms with Gasteiger partial charge in [0.25, 0.3) is 0 Å². The van der Waals surface area contributed by atoms with Gasteiger partial charge in [0.15, 0.2) is 0 Å². The molecular weight excluding hydrogens is 224 g/mol. The minimum Gasteiger partial charge on any atom is -0.771 e. The molecule has 5 heteroatoms. The monoisotopic (exact) mass is 239 g/mol. The molecule has 2 rings (SSSR count). The molecule has 1 aromatic carbocycles. The van der Waals surface area contributed by atoms with Crippen LogP contribution in [0.15, 0.2) is 30.3 Å². The van der Waals surface area contributed by atoms with Crippen LogP contribution in [0.2, 0.25) is 0 Å². The van der Waals surface area contributed by atoms with Gasteiger partial charge in [0.05, 0.1) is 5.88 Å². The zero-order valence-corrected chi connectivity index (χ0v) is 9.86. The maximum atomic E-state index is 10.6. The maximum Gasteiger partial charge on any atom is 0.0614 e. The molecule has 0 saturated carbocycles. The van der Waals surface area contributed by atoms with Crippen molar-refractivity contribution in [2.24, 2.45) is 0 Å². The van der Waals surface area contributed by atoms with Gasteiger partial charge in [0.1, 0.15) is 0 Å². The number of hydrogen-bond donors (Lipinski definition) is 0. The second-order valence-corrected chi connectivity index (χ2v) is 4.74. The maximum absolute atomic E-state index is 10.6. The molecule has 16 heavy (non-hydrogen) atoms. The van der Waals surface area contributed by atoms with Crippen molar-refractivity contribution in [1.82, 2.24) is 4.90 Å². The van der Waals surface area contributed by atoms with Gasteiger partial charge in [-0.05, 0) is 23.2 Å². The zero-order chi connectivity index (χ0) is 11.4. The first-order valence-electron chi connectivity index (χ1n) is 5.34. The largest absolute Gasteiger partial charge is 0.771 e. The lowest BCUT2D eigenvalue weighted by atomic mass is 10.2. The van der Waals surface area contributed by atoms with Gasteiger partial charge in [-0.1, -0.05) is 18.2 Å². The minimum absolute atomic E-state index is 0.155. The number of piperazine rings is 1. The van der Waals surface area contributed by atoms with Crippen molar-refractivity contribution < 1.29 is 8.76 Å². The Kier molecular flexibility index (Phi) is 3.93. The Labute approximate surface area is 98.1 Å². The number of para-hydroxylation sites is 1. The Morgan fingerprint density at radius 2 is 1.75 bits per heavy atom. The Morgan fingerprint density at radius 1 is 1.12 bits per heavy atom. The van der Waals surface area contributed by atoms with E-state index in [1.54, 1.807) is 0 Å². The molecule has 0 N–H and O–H groups in total. The van der Waals surface area contributed by atoms with Gasteiger partial charge in [-0.3, -0.25) is 9.11 Å². The predicted molar refractivity (Wildman–Crippen MR) is 64.0 cm³/mol. The topological polar surface area (TPSA) is 46.6 Å². The third-order valence-electron chi connectivity index (χ3n) is 2.78. The first kappa shape index (κ1) is 11.6. The van der Waals surface area contributed by atoms with Crippen LogP contribution in [0.5, 0.6) is 0 Å². The summed E-state index contributed by atoms with van der Waals surface area (Å²) < 4.78 is 21.1. The van der Waals surface area contributed by atoms with Crippen LogP contribution < -0.4 is 4.90 Å². The van der Waals surface area contributed by atoms with Crippen molar-refractivity contribution >= 4 is 16.8 Å². The second kappa shape index (κ2) is 5.43. The van der Waals surface area contributed by atoms with E-state index in [0.717, 1.165) is 26.2 Å². The van der Waals surface area contributed by atoms with Crippen LogP contribution in [0.25, 0.3) is 0 Å². The molecule has 0 radical (unpaired) electrons. The lowest BCUT2D eigenvalue weighted by molar-refractivity contribution is 0.291. The molecule has 1 saturated heterocycles. The first-order chi connectivity index (χ1) is 7.75. The van der Waals surface area contributed by atoms with E-state index in [0.29, 0.717) is 0 Å². The normalized spacial score (nSPS) is 19.7. The number of rotatable bonds is 3. The number of anilines is 1. The van der Waals surface area contributed by atoms with E-state index < -0.39 is 11.1 Å². The van der Waals surface area contributed by atoms with Crippen molar-refractivity contribution in [2.75, 3.05) is 37.0 Å². The molecule has 88 valence electrons. The third kappa shape index (κ3) is 3.04. The molecule has 1 aromatic rings. The summed E-state index contributed by atoms with van der Waals surface area (Å²) in [4.78, 5) is 4.24. The average Bonchev–Trinajstić information content (AvgIpc) is 2.30. The summed E-state index contributed by atoms with van der Waals surface area (Å²) in [6.45, 7) is 3.40. The predicted octanol–water partition coefficient (Wildman–Crippen LogP) is 0.645. The Hall–Kier alpha value is -0.910. The van der Waals surface area contributed by atoms with E-state index in [2.05, 4.69) is 17.0 Å². The highest BCUT2D eigenvalue weighted by atomic mass is 32.2. The van der Waals surface area contributed by atoms with Crippen molar-refractivity contribution in [1.29, 1.82) is 0 Å². The highest BCUT2D eigenvalue weighted by Gasteiger charge is 2.16. The van der Waals surface area contributed by atoms with Crippen molar-refractivity contribution in [3.8, 4) is 0 Å². The number of hydrogen-bond acceptors (Lipinski definition) is 4. The van der Waals surface area contributed by atoms with Gasteiger partial charge in [-0.15, -0.1) is 0 Å². The number of nitrogens with zero attached hydrogens (tertiary/aromatic N) is 2. The van der Waals surface area contributed by atoms with E-state index in [1.165, 1.54) is 5.69 Å². The SMILES string of the molecule is O=S([O-])CN1CCN(c2ccccc2)CC1. The summed E-state index contributed by atoms with van der Waals surface area (Å²) in [7, 11) is 0. The summed E-state index contributed by atoms with van der Waals surface area (Å²) >= 11 is -1.96. The van der Waals surface area contributed by atoms with Crippen LogP contribution in [-0.4, -0.2) is 45.7 Å². The Morgan fingerprint density at radius 3 is 2.31 bits per heavy atom. The fourth-order valence-corrected chi connectivity index (χ4v) is 2.48. The smallest absolute Gasteiger partial charge is 0.0614 e. The fourth-order valence-electron chi connectivity index (χ4n) is 1.92. The van der Waals surface area contributed by atoms with Crippen LogP contribution >= 0.6 is 0 Å². The van der Waals surface area contributed by atoms with Crippen LogP contribution in [0, 0.1) is 0 Å². The summed E-state index contributed by atoms with van der Waals surface area (Å²) in [5, 5.41) is 0. The van der Waals surface area contributed by atoms with Gasteiger partial charge >= 0.3 is 0 Å². The molecule has 0 aliphatic carbocycles. The van der Waals surface area contributed by atoms with Crippen molar-refractivity contribution in [2.45, 2.75) is 0 Å². The summed E-state index contributed by atoms with van der Waals surface area (Å²) in [5.74, 6) is 0.155. The van der Waals surface area contributed by atoms with E-state index >= 15 is 0 Å². The molecule has 1 aliphatic rings. The molecule has 1 heterocycles. The minimum atomic E-state index is -1.96. The third-order valence-corrected chi connectivity index (χ3v) is 3.36. The van der Waals surface area contributed by atoms with E-state index in [9.17, 15) is 8.76 Å². The van der Waals surface area contributed by atoms with Gasteiger partial charge in [-0.2, -0.15) is 0 Å². The molecule has 0 spiro atoms. The average molecular weight is 239 g/mol. The lowest BCUT2D eigenvalue weighted by Crippen LogP contribution is -2.47. The number of benzene rings is 1. The molecule has 1 aliphatic heterocycles. The van der Waals surface area contributed by atoms with Crippen LogP contribution in [0.3, 0.4) is 0 Å². The molecule has 1 atom stereocenters. The lowest BCUT2D eigenvalue weighted by Gasteiger charge is -2.36. The highest BCUT2D eigenvalue weighted by Crippen LogP contribution is 2.15. The fraction of sp³-hybridized carbons (Fsp3) is 0.455. The molecule has 0 bridgehead atoms. The highest BCUT2D eigenvalue weighted by molar-refractivity contribution is 7.79. The summed E-state index contributed by atoms with van der Waals surface area (Å²) in [5.41, 5.74) is 1.21. The van der Waals surface area contributed by atoms with E-state index in [-0.39, 0.29) is 5.88 Å². The standard InChI is InChI=1S/C11H16N2O2S/c14-16(15)10-12-6-8-13(9-7-12)11-4-2-1-3-5-11/h1-5H,6-10H2,(H,14,15)/p-1. The van der Waals surface area contributed by atoms with Gasteiger partial charge in [0, 0.05) is 31.9 Å². The quantitative estimate of drug-likeness (QED) is 0.726. The van der Waals surface area contributed by atoms with Gasteiger partial charge in [-0.25, -0.2) is 0 Å². The van der Waals surface area contributed by atoms with Crippen LogP contribution in [-0.2, 0) is 11.1 Å². The van der Waals surface area contributed by atoms with Gasteiger partial charge < -0.3 is 9.45 Å². The Balaban J connectivity index is 1.88. The van der Waals surface area contributed by atoms with Crippen LogP contribution in [0.1, 0.15) is 0 Å². The first-order valence-corrected chi connectivity index (χ1v) is 6.58. The van der Waals surface area contributed by atoms with E-state index in [1.807, 2.05) is 23.1 Å². The Bertz CT molecular complexity index is 350. The van der Waals surface area contributed by atoms with Crippen molar-refractivity contribution in [3.05, 3.63) is 30.3 Å². The van der Waals surface area contributed by atoms with E-state index in [4.69, 9.17) is 0 Å². The molecule has 0 aromatic heterocycles. The molecule has 0 amide bonds. The molecule has 1 fully saturated rings. The van der Waals surface area contributed by atoms with Crippen molar-refractivity contribution in [3.63, 3.8) is 0 Å². The van der Waals surface area contributed by atoms with Crippen LogP contribution in [0.4, 0.5) is 5.69 Å². The summed E-state index contributed by atoms with van der Waals surface area (Å²) in [6.07, 6.45) is 0. The molecule has 1 unspecified atom stereocenters. The second-order valence-electron chi connectivity index (χ2n) is 3.87. The summed E-state index contributed by atoms with van der Waals surface area (Å²) in [6, 6.07) is 10.2. The zero-order valence-electron chi connectivity index (χ0n) is 9.04.